The summed E-state index contributed by atoms with van der Waals surface area (Å²) in [6.07, 6.45) is 5.63. The van der Waals surface area contributed by atoms with Crippen molar-refractivity contribution in [2.45, 2.75) is 52.2 Å². The highest BCUT2D eigenvalue weighted by Gasteiger charge is 2.21. The number of carbonyl (C=O) groups excluding carboxylic acids is 1. The van der Waals surface area contributed by atoms with Crippen LogP contribution in [0.25, 0.3) is 0 Å². The van der Waals surface area contributed by atoms with Gasteiger partial charge in [-0.3, -0.25) is 9.48 Å². The fourth-order valence-electron chi connectivity index (χ4n) is 2.92. The van der Waals surface area contributed by atoms with E-state index < -0.39 is 0 Å². The minimum atomic E-state index is 0.00878. The van der Waals surface area contributed by atoms with Gasteiger partial charge in [0, 0.05) is 43.5 Å². The van der Waals surface area contributed by atoms with Gasteiger partial charge in [-0.05, 0) is 44.9 Å². The summed E-state index contributed by atoms with van der Waals surface area (Å²) in [5.41, 5.74) is 3.39. The Kier molecular flexibility index (Phi) is 4.71. The molecule has 0 atom stereocenters. The van der Waals surface area contributed by atoms with Gasteiger partial charge < -0.3 is 10.2 Å². The predicted octanol–water partition coefficient (Wildman–Crippen LogP) is 3.05. The van der Waals surface area contributed by atoms with Gasteiger partial charge in [-0.25, -0.2) is 0 Å². The van der Waals surface area contributed by atoms with E-state index in [1.165, 1.54) is 11.1 Å². The van der Waals surface area contributed by atoms with E-state index in [0.29, 0.717) is 6.42 Å². The zero-order valence-electron chi connectivity index (χ0n) is 14.7. The monoisotopic (exact) mass is 326 g/mol. The number of hydrogen-bond donors (Lipinski definition) is 1. The van der Waals surface area contributed by atoms with Crippen LogP contribution >= 0.6 is 0 Å². The van der Waals surface area contributed by atoms with Crippen LogP contribution in [0.1, 0.15) is 44.7 Å². The largest absolute Gasteiger partial charge is 0.312 e. The molecular weight excluding hydrogens is 300 g/mol. The number of aromatic nitrogens is 2. The molecule has 1 fully saturated rings. The smallest absolute Gasteiger partial charge is 0.227 e. The molecule has 1 saturated heterocycles. The molecule has 1 aromatic carbocycles. The van der Waals surface area contributed by atoms with Gasteiger partial charge in [0.15, 0.2) is 0 Å². The van der Waals surface area contributed by atoms with Crippen molar-refractivity contribution in [1.29, 1.82) is 0 Å². The van der Waals surface area contributed by atoms with Crippen LogP contribution < -0.4 is 10.2 Å². The normalized spacial score (nSPS) is 15.3. The first-order chi connectivity index (χ1) is 11.4. The van der Waals surface area contributed by atoms with Crippen molar-refractivity contribution in [1.82, 2.24) is 15.1 Å². The summed E-state index contributed by atoms with van der Waals surface area (Å²) in [7, 11) is 0. The molecule has 5 nitrogen and oxygen atoms in total. The lowest BCUT2D eigenvalue weighted by Gasteiger charge is -2.18. The van der Waals surface area contributed by atoms with Crippen LogP contribution in [0, 0.1) is 0 Å². The maximum Gasteiger partial charge on any atom is 0.227 e. The van der Waals surface area contributed by atoms with Crippen molar-refractivity contribution in [3.05, 3.63) is 47.8 Å². The minimum absolute atomic E-state index is 0.00878. The van der Waals surface area contributed by atoms with E-state index >= 15 is 0 Å². The van der Waals surface area contributed by atoms with E-state index in [9.17, 15) is 4.79 Å². The fourth-order valence-corrected chi connectivity index (χ4v) is 2.92. The van der Waals surface area contributed by atoms with Crippen LogP contribution in [0.15, 0.2) is 36.7 Å². The van der Waals surface area contributed by atoms with Crippen molar-refractivity contribution in [2.24, 2.45) is 0 Å². The van der Waals surface area contributed by atoms with E-state index in [1.54, 1.807) is 0 Å². The Morgan fingerprint density at radius 3 is 2.67 bits per heavy atom. The first-order valence-electron chi connectivity index (χ1n) is 8.57. The van der Waals surface area contributed by atoms with Crippen molar-refractivity contribution in [2.75, 3.05) is 11.4 Å². The van der Waals surface area contributed by atoms with Gasteiger partial charge in [0.05, 0.1) is 11.7 Å². The average Bonchev–Trinajstić information content (AvgIpc) is 3.16. The number of hydrogen-bond acceptors (Lipinski definition) is 3. The van der Waals surface area contributed by atoms with Crippen molar-refractivity contribution in [3.8, 4) is 0 Å². The molecule has 1 aliphatic heterocycles. The number of nitrogens with zero attached hydrogens (tertiary/aromatic N) is 3. The highest BCUT2D eigenvalue weighted by atomic mass is 16.2. The number of nitrogens with one attached hydrogen (secondary N) is 1. The van der Waals surface area contributed by atoms with Crippen LogP contribution in [-0.4, -0.2) is 22.2 Å². The quantitative estimate of drug-likeness (QED) is 0.919. The van der Waals surface area contributed by atoms with Crippen LogP contribution in [0.5, 0.6) is 0 Å². The Morgan fingerprint density at radius 1 is 1.21 bits per heavy atom. The molecular formula is C19H26N4O. The zero-order chi connectivity index (χ0) is 17.2. The molecule has 128 valence electrons. The standard InChI is InChI=1S/C19H26N4O/c1-19(2,3)23-14-16(13-21-23)12-20-11-15-6-4-7-17(10-15)22-9-5-8-18(22)24/h4,6-7,10,13-14,20H,5,8-9,11-12H2,1-3H3. The Bertz CT molecular complexity index is 714. The highest BCUT2D eigenvalue weighted by Crippen LogP contribution is 2.22. The minimum Gasteiger partial charge on any atom is -0.312 e. The third-order valence-corrected chi connectivity index (χ3v) is 4.28. The van der Waals surface area contributed by atoms with E-state index in [1.807, 2.05) is 27.9 Å². The van der Waals surface area contributed by atoms with E-state index in [0.717, 1.165) is 31.7 Å². The Hall–Kier alpha value is -2.14. The zero-order valence-corrected chi connectivity index (χ0v) is 14.7. The molecule has 0 radical (unpaired) electrons. The van der Waals surface area contributed by atoms with Crippen molar-refractivity contribution >= 4 is 11.6 Å². The van der Waals surface area contributed by atoms with Gasteiger partial charge >= 0.3 is 0 Å². The molecule has 2 aromatic rings. The highest BCUT2D eigenvalue weighted by molar-refractivity contribution is 5.95. The summed E-state index contributed by atoms with van der Waals surface area (Å²) in [4.78, 5) is 13.8. The second-order valence-corrected chi connectivity index (χ2v) is 7.39. The summed E-state index contributed by atoms with van der Waals surface area (Å²) in [6, 6.07) is 8.24. The number of benzene rings is 1. The van der Waals surface area contributed by atoms with E-state index in [2.05, 4.69) is 49.5 Å². The Balaban J connectivity index is 1.57. The topological polar surface area (TPSA) is 50.2 Å². The summed E-state index contributed by atoms with van der Waals surface area (Å²) in [5, 5.41) is 7.88. The second kappa shape index (κ2) is 6.77. The maximum absolute atomic E-state index is 11.9. The van der Waals surface area contributed by atoms with Crippen molar-refractivity contribution in [3.63, 3.8) is 0 Å². The average molecular weight is 326 g/mol. The second-order valence-electron chi connectivity index (χ2n) is 7.39. The van der Waals surface area contributed by atoms with E-state index in [-0.39, 0.29) is 11.4 Å². The molecule has 1 aliphatic rings. The third-order valence-electron chi connectivity index (χ3n) is 4.28. The van der Waals surface area contributed by atoms with Crippen molar-refractivity contribution < 1.29 is 4.79 Å². The van der Waals surface area contributed by atoms with E-state index in [4.69, 9.17) is 0 Å². The Labute approximate surface area is 143 Å². The van der Waals surface area contributed by atoms with Crippen LogP contribution in [-0.2, 0) is 23.4 Å². The molecule has 1 aromatic heterocycles. The molecule has 3 rings (SSSR count). The first kappa shape index (κ1) is 16.7. The molecule has 0 unspecified atom stereocenters. The maximum atomic E-state index is 11.9. The lowest BCUT2D eigenvalue weighted by atomic mass is 10.1. The van der Waals surface area contributed by atoms with Gasteiger partial charge in [-0.1, -0.05) is 12.1 Å². The molecule has 0 bridgehead atoms. The molecule has 0 spiro atoms. The summed E-state index contributed by atoms with van der Waals surface area (Å²) < 4.78 is 1.99. The molecule has 0 aliphatic carbocycles. The summed E-state index contributed by atoms with van der Waals surface area (Å²) >= 11 is 0. The fraction of sp³-hybridized carbons (Fsp3) is 0.474. The predicted molar refractivity (Wildman–Crippen MR) is 95.8 cm³/mol. The van der Waals surface area contributed by atoms with Crippen LogP contribution in [0.3, 0.4) is 0 Å². The number of carbonyl (C=O) groups is 1. The lowest BCUT2D eigenvalue weighted by molar-refractivity contribution is -0.117. The molecule has 5 heteroatoms. The van der Waals surface area contributed by atoms with Crippen LogP contribution in [0.2, 0.25) is 0 Å². The van der Waals surface area contributed by atoms with Gasteiger partial charge in [0.1, 0.15) is 0 Å². The number of amides is 1. The van der Waals surface area contributed by atoms with Crippen LogP contribution in [0.4, 0.5) is 5.69 Å². The lowest BCUT2D eigenvalue weighted by Crippen LogP contribution is -2.24. The number of anilines is 1. The molecule has 1 amide bonds. The summed E-state index contributed by atoms with van der Waals surface area (Å²) in [5.74, 6) is 0.231. The van der Waals surface area contributed by atoms with Gasteiger partial charge in [-0.2, -0.15) is 5.10 Å². The first-order valence-corrected chi connectivity index (χ1v) is 8.57. The van der Waals surface area contributed by atoms with Gasteiger partial charge in [0.25, 0.3) is 0 Å². The molecule has 2 heterocycles. The van der Waals surface area contributed by atoms with Gasteiger partial charge in [-0.15, -0.1) is 0 Å². The number of rotatable bonds is 5. The van der Waals surface area contributed by atoms with Gasteiger partial charge in [0.2, 0.25) is 5.91 Å². The third kappa shape index (κ3) is 3.85. The molecule has 1 N–H and O–H groups in total. The molecule has 24 heavy (non-hydrogen) atoms. The Morgan fingerprint density at radius 2 is 2.00 bits per heavy atom. The summed E-state index contributed by atoms with van der Waals surface area (Å²) in [6.45, 7) is 8.81. The SMILES string of the molecule is CC(C)(C)n1cc(CNCc2cccc(N3CCCC3=O)c2)cn1. The molecule has 0 saturated carbocycles.